The van der Waals surface area contributed by atoms with Gasteiger partial charge in [0.2, 0.25) is 0 Å². The second kappa shape index (κ2) is 7.02. The Bertz CT molecular complexity index is 684. The van der Waals surface area contributed by atoms with Crippen molar-refractivity contribution in [1.82, 2.24) is 0 Å². The monoisotopic (exact) mass is 338 g/mol. The van der Waals surface area contributed by atoms with Crippen molar-refractivity contribution in [3.8, 4) is 5.75 Å². The van der Waals surface area contributed by atoms with Crippen molar-refractivity contribution in [3.63, 3.8) is 0 Å². The van der Waals surface area contributed by atoms with E-state index >= 15 is 0 Å². The molecule has 0 radical (unpaired) electrons. The van der Waals surface area contributed by atoms with Gasteiger partial charge in [0.1, 0.15) is 12.4 Å². The fraction of sp³-hybridized carbons (Fsp3) is 0.381. The molecule has 0 aliphatic carbocycles. The van der Waals surface area contributed by atoms with Gasteiger partial charge < -0.3 is 4.74 Å². The van der Waals surface area contributed by atoms with Crippen LogP contribution in [0.1, 0.15) is 41.6 Å². The van der Waals surface area contributed by atoms with Gasteiger partial charge in [-0.25, -0.2) is 0 Å². The van der Waals surface area contributed by atoms with Crippen molar-refractivity contribution in [1.29, 1.82) is 0 Å². The molecule has 2 saturated heterocycles. The largest absolute Gasteiger partial charge is 0.489 e. The lowest BCUT2D eigenvalue weighted by Gasteiger charge is -2.26. The number of rotatable bonds is 5. The summed E-state index contributed by atoms with van der Waals surface area (Å²) in [6, 6.07) is 17.8. The van der Waals surface area contributed by atoms with Crippen LogP contribution in [0.15, 0.2) is 54.6 Å². The maximum atomic E-state index is 12.8. The summed E-state index contributed by atoms with van der Waals surface area (Å²) in [7, 11) is 0. The van der Waals surface area contributed by atoms with Crippen LogP contribution in [0.5, 0.6) is 5.75 Å². The number of ether oxygens (including phenoxy) is 1. The third kappa shape index (κ3) is 3.51. The van der Waals surface area contributed by atoms with E-state index in [1.165, 1.54) is 12.8 Å². The highest BCUT2D eigenvalue weighted by molar-refractivity contribution is 8.00. The van der Waals surface area contributed by atoms with Crippen molar-refractivity contribution in [2.45, 2.75) is 42.8 Å². The maximum absolute atomic E-state index is 12.8. The summed E-state index contributed by atoms with van der Waals surface area (Å²) < 4.78 is 5.80. The van der Waals surface area contributed by atoms with Gasteiger partial charge in [-0.3, -0.25) is 4.79 Å². The number of hydrogen-bond donors (Lipinski definition) is 0. The van der Waals surface area contributed by atoms with Crippen molar-refractivity contribution in [2.24, 2.45) is 5.92 Å². The lowest BCUT2D eigenvalue weighted by molar-refractivity contribution is 0.0907. The predicted molar refractivity (Wildman–Crippen MR) is 98.7 cm³/mol. The van der Waals surface area contributed by atoms with Crippen LogP contribution in [-0.4, -0.2) is 16.3 Å². The molecule has 0 aromatic heterocycles. The van der Waals surface area contributed by atoms with E-state index in [2.05, 4.69) is 11.8 Å². The van der Waals surface area contributed by atoms with E-state index < -0.39 is 0 Å². The van der Waals surface area contributed by atoms with Gasteiger partial charge in [-0.15, -0.1) is 0 Å². The summed E-state index contributed by atoms with van der Waals surface area (Å²) in [5.74, 6) is 1.36. The SMILES string of the molecule is O=C(c1ccc(OCc2ccccc2)cc1)C1CC2CCC(C1)S2. The maximum Gasteiger partial charge on any atom is 0.166 e. The summed E-state index contributed by atoms with van der Waals surface area (Å²) in [4.78, 5) is 12.8. The Morgan fingerprint density at radius 3 is 2.29 bits per heavy atom. The number of carbonyl (C=O) groups excluding carboxylic acids is 1. The normalized spacial score (nSPS) is 25.4. The van der Waals surface area contributed by atoms with Crippen LogP contribution < -0.4 is 4.74 Å². The minimum atomic E-state index is 0.222. The standard InChI is InChI=1S/C21H22O2S/c22-21(17-12-19-10-11-20(13-17)24-19)16-6-8-18(9-7-16)23-14-15-4-2-1-3-5-15/h1-9,17,19-20H,10-14H2. The average molecular weight is 338 g/mol. The van der Waals surface area contributed by atoms with Crippen molar-refractivity contribution < 1.29 is 9.53 Å². The molecule has 4 rings (SSSR count). The third-order valence-electron chi connectivity index (χ3n) is 5.05. The van der Waals surface area contributed by atoms with Crippen LogP contribution in [0.25, 0.3) is 0 Å². The summed E-state index contributed by atoms with van der Waals surface area (Å²) in [6.07, 6.45) is 4.72. The van der Waals surface area contributed by atoms with Gasteiger partial charge in [-0.1, -0.05) is 30.3 Å². The first kappa shape index (κ1) is 15.8. The minimum Gasteiger partial charge on any atom is -0.489 e. The van der Waals surface area contributed by atoms with Gasteiger partial charge >= 0.3 is 0 Å². The number of hydrogen-bond acceptors (Lipinski definition) is 3. The number of benzene rings is 2. The molecule has 2 heterocycles. The molecule has 2 aromatic carbocycles. The quantitative estimate of drug-likeness (QED) is 0.708. The zero-order chi connectivity index (χ0) is 16.4. The van der Waals surface area contributed by atoms with Gasteiger partial charge in [0.25, 0.3) is 0 Å². The number of carbonyl (C=O) groups is 1. The Balaban J connectivity index is 1.37. The summed E-state index contributed by atoms with van der Waals surface area (Å²) >= 11 is 2.10. The van der Waals surface area contributed by atoms with Crippen molar-refractivity contribution in [3.05, 3.63) is 65.7 Å². The van der Waals surface area contributed by atoms with Crippen molar-refractivity contribution in [2.75, 3.05) is 0 Å². The molecular weight excluding hydrogens is 316 g/mol. The second-order valence-electron chi connectivity index (χ2n) is 6.79. The van der Waals surface area contributed by atoms with Gasteiger partial charge in [-0.2, -0.15) is 11.8 Å². The molecule has 0 saturated carbocycles. The van der Waals surface area contributed by atoms with Crippen LogP contribution in [0.2, 0.25) is 0 Å². The van der Waals surface area contributed by atoms with E-state index in [0.717, 1.165) is 29.7 Å². The van der Waals surface area contributed by atoms with Gasteiger partial charge in [0.15, 0.2) is 5.78 Å². The molecule has 0 amide bonds. The molecule has 2 unspecified atom stereocenters. The first-order valence-electron chi connectivity index (χ1n) is 8.74. The molecule has 24 heavy (non-hydrogen) atoms. The zero-order valence-corrected chi connectivity index (χ0v) is 14.5. The molecule has 3 heteroatoms. The van der Waals surface area contributed by atoms with Crippen LogP contribution in [0.3, 0.4) is 0 Å². The minimum absolute atomic E-state index is 0.222. The number of fused-ring (bicyclic) bond motifs is 2. The van der Waals surface area contributed by atoms with Crippen molar-refractivity contribution >= 4 is 17.5 Å². The Morgan fingerprint density at radius 1 is 0.958 bits per heavy atom. The highest BCUT2D eigenvalue weighted by Crippen LogP contribution is 2.46. The Kier molecular flexibility index (Phi) is 4.61. The molecular formula is C21H22O2S. The zero-order valence-electron chi connectivity index (χ0n) is 13.7. The van der Waals surface area contributed by atoms with E-state index in [1.54, 1.807) is 0 Å². The molecule has 2 fully saturated rings. The van der Waals surface area contributed by atoms with Crippen LogP contribution in [0.4, 0.5) is 0 Å². The fourth-order valence-corrected chi connectivity index (χ4v) is 5.54. The molecule has 2 bridgehead atoms. The molecule has 2 aliphatic rings. The molecule has 124 valence electrons. The molecule has 0 spiro atoms. The lowest BCUT2D eigenvalue weighted by atomic mass is 9.90. The highest BCUT2D eigenvalue weighted by atomic mass is 32.2. The van der Waals surface area contributed by atoms with Gasteiger partial charge in [-0.05, 0) is 55.5 Å². The first-order valence-corrected chi connectivity index (χ1v) is 9.68. The highest BCUT2D eigenvalue weighted by Gasteiger charge is 2.37. The van der Waals surface area contributed by atoms with Crippen LogP contribution in [0, 0.1) is 5.92 Å². The molecule has 0 N–H and O–H groups in total. The van der Waals surface area contributed by atoms with E-state index in [9.17, 15) is 4.79 Å². The predicted octanol–water partition coefficient (Wildman–Crippen LogP) is 5.12. The van der Waals surface area contributed by atoms with Gasteiger partial charge in [0, 0.05) is 22.0 Å². The molecule has 2 nitrogen and oxygen atoms in total. The Morgan fingerprint density at radius 2 is 1.62 bits per heavy atom. The van der Waals surface area contributed by atoms with E-state index in [-0.39, 0.29) is 5.92 Å². The fourth-order valence-electron chi connectivity index (χ4n) is 3.76. The van der Waals surface area contributed by atoms with E-state index in [1.807, 2.05) is 54.6 Å². The number of Topliss-reactive ketones (excluding diaryl/α,β-unsaturated/α-hetero) is 1. The first-order chi connectivity index (χ1) is 11.8. The smallest absolute Gasteiger partial charge is 0.166 e. The number of thioether (sulfide) groups is 1. The molecule has 2 atom stereocenters. The van der Waals surface area contributed by atoms with E-state index in [0.29, 0.717) is 22.9 Å². The second-order valence-corrected chi connectivity index (χ2v) is 8.39. The molecule has 2 aromatic rings. The van der Waals surface area contributed by atoms with E-state index in [4.69, 9.17) is 4.74 Å². The third-order valence-corrected chi connectivity index (χ3v) is 6.67. The summed E-state index contributed by atoms with van der Waals surface area (Å²) in [5.41, 5.74) is 1.98. The summed E-state index contributed by atoms with van der Waals surface area (Å²) in [5, 5.41) is 1.43. The Labute approximate surface area is 147 Å². The molecule has 2 aliphatic heterocycles. The topological polar surface area (TPSA) is 26.3 Å². The van der Waals surface area contributed by atoms with Crippen LogP contribution in [-0.2, 0) is 6.61 Å². The summed E-state index contributed by atoms with van der Waals surface area (Å²) in [6.45, 7) is 0.553. The Hall–Kier alpha value is -1.74. The lowest BCUT2D eigenvalue weighted by Crippen LogP contribution is -2.24. The average Bonchev–Trinajstić information content (AvgIpc) is 2.98. The number of ketones is 1. The van der Waals surface area contributed by atoms with Gasteiger partial charge in [0.05, 0.1) is 0 Å². The van der Waals surface area contributed by atoms with Crippen LogP contribution >= 0.6 is 11.8 Å².